The van der Waals surface area contributed by atoms with Crippen molar-refractivity contribution in [2.45, 2.75) is 17.9 Å². The molecule has 2 rings (SSSR count). The molecular weight excluding hydrogens is 479 g/mol. The van der Waals surface area contributed by atoms with Crippen LogP contribution in [0.4, 0.5) is 5.69 Å². The van der Waals surface area contributed by atoms with E-state index in [1.807, 2.05) is 0 Å². The Hall–Kier alpha value is -1.32. The highest BCUT2D eigenvalue weighted by Gasteiger charge is 2.22. The van der Waals surface area contributed by atoms with Crippen LogP contribution in [0.1, 0.15) is 6.92 Å². The number of carbonyl (C=O) groups excluding carboxylic acids is 1. The van der Waals surface area contributed by atoms with Crippen LogP contribution in [0.25, 0.3) is 0 Å². The van der Waals surface area contributed by atoms with E-state index in [1.165, 1.54) is 32.3 Å². The zero-order valence-electron chi connectivity index (χ0n) is 14.7. The average Bonchev–Trinajstić information content (AvgIpc) is 2.58. The molecule has 1 amide bonds. The minimum Gasteiger partial charge on any atom is -0.480 e. The lowest BCUT2D eigenvalue weighted by molar-refractivity contribution is -0.122. The van der Waals surface area contributed by atoms with E-state index < -0.39 is 22.0 Å². The molecule has 0 saturated heterocycles. The van der Waals surface area contributed by atoms with Crippen molar-refractivity contribution in [3.63, 3.8) is 0 Å². The quantitative estimate of drug-likeness (QED) is 0.643. The Morgan fingerprint density at radius 1 is 1.19 bits per heavy atom. The first-order valence-electron chi connectivity index (χ1n) is 7.67. The topological polar surface area (TPSA) is 75.7 Å². The fraction of sp³-hybridized carbons (Fsp3) is 0.235. The van der Waals surface area contributed by atoms with E-state index >= 15 is 0 Å². The molecule has 0 heterocycles. The maximum absolute atomic E-state index is 12.4. The molecule has 1 atom stereocenters. The van der Waals surface area contributed by atoms with Gasteiger partial charge in [0.2, 0.25) is 10.0 Å². The molecule has 0 bridgehead atoms. The average molecular weight is 496 g/mol. The SMILES string of the molecule is CC(Oc1ccc(Cl)cc1Br)C(=O)Nc1ccc(Cl)c(S(=O)(=O)N(C)C)c1. The van der Waals surface area contributed by atoms with Gasteiger partial charge < -0.3 is 10.1 Å². The maximum atomic E-state index is 12.4. The van der Waals surface area contributed by atoms with Gasteiger partial charge in [0.05, 0.1) is 9.50 Å². The van der Waals surface area contributed by atoms with E-state index in [-0.39, 0.29) is 15.6 Å². The molecule has 0 aliphatic carbocycles. The number of halogens is 3. The lowest BCUT2D eigenvalue weighted by atomic mass is 10.3. The summed E-state index contributed by atoms with van der Waals surface area (Å²) in [5, 5.41) is 3.22. The molecule has 1 N–H and O–H groups in total. The van der Waals surface area contributed by atoms with Crippen molar-refractivity contribution in [3.05, 3.63) is 50.9 Å². The van der Waals surface area contributed by atoms with Crippen LogP contribution in [-0.2, 0) is 14.8 Å². The zero-order chi connectivity index (χ0) is 20.4. The number of benzene rings is 2. The number of nitrogens with one attached hydrogen (secondary N) is 1. The van der Waals surface area contributed by atoms with Crippen LogP contribution in [0.5, 0.6) is 5.75 Å². The summed E-state index contributed by atoms with van der Waals surface area (Å²) in [4.78, 5) is 12.3. The highest BCUT2D eigenvalue weighted by atomic mass is 79.9. The van der Waals surface area contributed by atoms with Crippen molar-refractivity contribution < 1.29 is 17.9 Å². The van der Waals surface area contributed by atoms with Gasteiger partial charge in [-0.25, -0.2) is 12.7 Å². The second kappa shape index (κ2) is 8.79. The molecule has 27 heavy (non-hydrogen) atoms. The minimum absolute atomic E-state index is 0.0658. The third-order valence-electron chi connectivity index (χ3n) is 3.52. The molecule has 0 spiro atoms. The first kappa shape index (κ1) is 22.0. The maximum Gasteiger partial charge on any atom is 0.265 e. The van der Waals surface area contributed by atoms with Gasteiger partial charge in [0.15, 0.2) is 6.10 Å². The highest BCUT2D eigenvalue weighted by Crippen LogP contribution is 2.29. The molecule has 0 aromatic heterocycles. The van der Waals surface area contributed by atoms with Crippen LogP contribution in [0.3, 0.4) is 0 Å². The van der Waals surface area contributed by atoms with Gasteiger partial charge in [-0.2, -0.15) is 0 Å². The summed E-state index contributed by atoms with van der Waals surface area (Å²) in [5.41, 5.74) is 0.287. The number of sulfonamides is 1. The molecule has 10 heteroatoms. The first-order chi connectivity index (χ1) is 12.5. The molecule has 0 aliphatic rings. The van der Waals surface area contributed by atoms with Gasteiger partial charge in [0.1, 0.15) is 10.6 Å². The summed E-state index contributed by atoms with van der Waals surface area (Å²) in [7, 11) is -0.945. The predicted octanol–water partition coefficient (Wildman–Crippen LogP) is 4.41. The fourth-order valence-electron chi connectivity index (χ4n) is 2.03. The summed E-state index contributed by atoms with van der Waals surface area (Å²) in [6, 6.07) is 9.17. The Bertz CT molecular complexity index is 967. The second-order valence-corrected chi connectivity index (χ2v) is 9.57. The number of nitrogens with zero attached hydrogens (tertiary/aromatic N) is 1. The number of anilines is 1. The summed E-state index contributed by atoms with van der Waals surface area (Å²) in [5.74, 6) is 0.00130. The van der Waals surface area contributed by atoms with Crippen LogP contribution in [-0.4, -0.2) is 38.8 Å². The summed E-state index contributed by atoms with van der Waals surface area (Å²) in [6.45, 7) is 1.57. The largest absolute Gasteiger partial charge is 0.480 e. The summed E-state index contributed by atoms with van der Waals surface area (Å²) < 4.78 is 31.9. The third-order valence-corrected chi connectivity index (χ3v) is 6.68. The monoisotopic (exact) mass is 494 g/mol. The Morgan fingerprint density at radius 2 is 1.85 bits per heavy atom. The van der Waals surface area contributed by atoms with Gasteiger partial charge in [0.25, 0.3) is 5.91 Å². The molecule has 0 saturated carbocycles. The Kier molecular flexibility index (Phi) is 7.15. The Morgan fingerprint density at radius 3 is 2.44 bits per heavy atom. The minimum atomic E-state index is -3.74. The van der Waals surface area contributed by atoms with E-state index in [9.17, 15) is 13.2 Å². The molecule has 0 radical (unpaired) electrons. The lowest BCUT2D eigenvalue weighted by Crippen LogP contribution is -2.30. The Labute approximate surface area is 176 Å². The molecule has 0 aliphatic heterocycles. The van der Waals surface area contributed by atoms with Crippen molar-refractivity contribution >= 4 is 60.7 Å². The predicted molar refractivity (Wildman–Crippen MR) is 110 cm³/mol. The van der Waals surface area contributed by atoms with Crippen LogP contribution < -0.4 is 10.1 Å². The number of hydrogen-bond acceptors (Lipinski definition) is 4. The normalized spacial score (nSPS) is 12.7. The molecule has 2 aromatic carbocycles. The van der Waals surface area contributed by atoms with Crippen molar-refractivity contribution in [1.29, 1.82) is 0 Å². The van der Waals surface area contributed by atoms with Gasteiger partial charge in [-0.1, -0.05) is 23.2 Å². The molecule has 2 aromatic rings. The van der Waals surface area contributed by atoms with E-state index in [0.29, 0.717) is 15.2 Å². The van der Waals surface area contributed by atoms with Crippen molar-refractivity contribution in [1.82, 2.24) is 4.31 Å². The van der Waals surface area contributed by atoms with Crippen molar-refractivity contribution in [2.24, 2.45) is 0 Å². The third kappa shape index (κ3) is 5.36. The van der Waals surface area contributed by atoms with Crippen LogP contribution in [0.2, 0.25) is 10.0 Å². The van der Waals surface area contributed by atoms with Crippen molar-refractivity contribution in [3.8, 4) is 5.75 Å². The number of carbonyl (C=O) groups is 1. The number of ether oxygens (including phenoxy) is 1. The summed E-state index contributed by atoms with van der Waals surface area (Å²) >= 11 is 15.2. The van der Waals surface area contributed by atoms with E-state index in [2.05, 4.69) is 21.2 Å². The van der Waals surface area contributed by atoms with E-state index in [1.54, 1.807) is 25.1 Å². The van der Waals surface area contributed by atoms with E-state index in [4.69, 9.17) is 27.9 Å². The molecular formula is C17H17BrCl2N2O4S. The first-order valence-corrected chi connectivity index (χ1v) is 10.7. The highest BCUT2D eigenvalue weighted by molar-refractivity contribution is 9.10. The van der Waals surface area contributed by atoms with Gasteiger partial charge in [0, 0.05) is 24.8 Å². The fourth-order valence-corrected chi connectivity index (χ4v) is 4.20. The van der Waals surface area contributed by atoms with Gasteiger partial charge in [-0.3, -0.25) is 4.79 Å². The van der Waals surface area contributed by atoms with Crippen molar-refractivity contribution in [2.75, 3.05) is 19.4 Å². The van der Waals surface area contributed by atoms with Crippen LogP contribution >= 0.6 is 39.1 Å². The van der Waals surface area contributed by atoms with Gasteiger partial charge >= 0.3 is 0 Å². The zero-order valence-corrected chi connectivity index (χ0v) is 18.6. The van der Waals surface area contributed by atoms with Crippen LogP contribution in [0, 0.1) is 0 Å². The molecule has 6 nitrogen and oxygen atoms in total. The van der Waals surface area contributed by atoms with Gasteiger partial charge in [-0.15, -0.1) is 0 Å². The molecule has 1 unspecified atom stereocenters. The molecule has 146 valence electrons. The second-order valence-electron chi connectivity index (χ2n) is 5.76. The van der Waals surface area contributed by atoms with Crippen LogP contribution in [0.15, 0.2) is 45.8 Å². The number of hydrogen-bond donors (Lipinski definition) is 1. The molecule has 0 fully saturated rings. The number of rotatable bonds is 6. The standard InChI is InChI=1S/C17H17BrCl2N2O4S/c1-10(26-15-7-4-11(19)8-13(15)18)17(23)21-12-5-6-14(20)16(9-12)27(24,25)22(2)3/h4-10H,1-3H3,(H,21,23). The van der Waals surface area contributed by atoms with Gasteiger partial charge in [-0.05, 0) is 59.3 Å². The van der Waals surface area contributed by atoms with E-state index in [0.717, 1.165) is 4.31 Å². The Balaban J connectivity index is 2.18. The smallest absolute Gasteiger partial charge is 0.265 e. The lowest BCUT2D eigenvalue weighted by Gasteiger charge is -2.17. The summed E-state index contributed by atoms with van der Waals surface area (Å²) in [6.07, 6.45) is -0.841. The number of amides is 1.